The molecule has 2 unspecified atom stereocenters. The average Bonchev–Trinajstić information content (AvgIpc) is 2.53. The summed E-state index contributed by atoms with van der Waals surface area (Å²) in [5, 5.41) is 14.3. The molecular formula is C15H22ClNO. The fourth-order valence-electron chi connectivity index (χ4n) is 2.62. The molecule has 1 saturated carbocycles. The van der Waals surface area contributed by atoms with Crippen LogP contribution in [0.5, 0.6) is 0 Å². The molecule has 1 aromatic rings. The van der Waals surface area contributed by atoms with Gasteiger partial charge in [-0.1, -0.05) is 36.9 Å². The topological polar surface area (TPSA) is 32.3 Å². The van der Waals surface area contributed by atoms with Crippen LogP contribution in [0.25, 0.3) is 0 Å². The number of aliphatic hydroxyl groups excluding tert-OH is 1. The van der Waals surface area contributed by atoms with Gasteiger partial charge in [0.1, 0.15) is 0 Å². The van der Waals surface area contributed by atoms with Gasteiger partial charge in [0, 0.05) is 17.6 Å². The summed E-state index contributed by atoms with van der Waals surface area (Å²) in [6.45, 7) is 2.89. The van der Waals surface area contributed by atoms with Crippen molar-refractivity contribution in [2.75, 3.05) is 0 Å². The molecule has 0 heterocycles. The summed E-state index contributed by atoms with van der Waals surface area (Å²) >= 11 is 5.95. The average molecular weight is 268 g/mol. The van der Waals surface area contributed by atoms with Gasteiger partial charge in [-0.3, -0.25) is 0 Å². The standard InChI is InChI=1S/C15H22ClNO/c1-11-9-13(16)8-7-12(11)10-17-14-5-3-2-4-6-15(14)18/h7-9,14-15,17-18H,2-6,10H2,1H3. The highest BCUT2D eigenvalue weighted by Gasteiger charge is 2.20. The highest BCUT2D eigenvalue weighted by atomic mass is 35.5. The third kappa shape index (κ3) is 3.71. The minimum absolute atomic E-state index is 0.194. The van der Waals surface area contributed by atoms with Crippen LogP contribution in [0.3, 0.4) is 0 Å². The summed E-state index contributed by atoms with van der Waals surface area (Å²) in [5.74, 6) is 0. The molecule has 0 spiro atoms. The fraction of sp³-hybridized carbons (Fsp3) is 0.600. The number of aliphatic hydroxyl groups is 1. The van der Waals surface area contributed by atoms with Gasteiger partial charge in [-0.05, 0) is 43.0 Å². The Bertz CT molecular complexity index is 394. The maximum Gasteiger partial charge on any atom is 0.0693 e. The molecule has 18 heavy (non-hydrogen) atoms. The molecule has 2 N–H and O–H groups in total. The number of aryl methyl sites for hydroxylation is 1. The molecule has 1 aliphatic carbocycles. The molecule has 0 aromatic heterocycles. The van der Waals surface area contributed by atoms with Gasteiger partial charge in [0.25, 0.3) is 0 Å². The number of benzene rings is 1. The zero-order valence-corrected chi connectivity index (χ0v) is 11.7. The monoisotopic (exact) mass is 267 g/mol. The summed E-state index contributed by atoms with van der Waals surface area (Å²) < 4.78 is 0. The predicted octanol–water partition coefficient (Wildman–Crippen LogP) is 3.43. The SMILES string of the molecule is Cc1cc(Cl)ccc1CNC1CCCCCC1O. The van der Waals surface area contributed by atoms with Gasteiger partial charge in [-0.2, -0.15) is 0 Å². The fourth-order valence-corrected chi connectivity index (χ4v) is 2.85. The van der Waals surface area contributed by atoms with E-state index < -0.39 is 0 Å². The Morgan fingerprint density at radius 2 is 2.06 bits per heavy atom. The van der Waals surface area contributed by atoms with Gasteiger partial charge in [0.15, 0.2) is 0 Å². The van der Waals surface area contributed by atoms with Crippen LogP contribution in [0.15, 0.2) is 18.2 Å². The van der Waals surface area contributed by atoms with E-state index >= 15 is 0 Å². The van der Waals surface area contributed by atoms with Crippen molar-refractivity contribution >= 4 is 11.6 Å². The normalized spacial score (nSPS) is 24.8. The van der Waals surface area contributed by atoms with E-state index in [-0.39, 0.29) is 12.1 Å². The van der Waals surface area contributed by atoms with Crippen molar-refractivity contribution < 1.29 is 5.11 Å². The predicted molar refractivity (Wildman–Crippen MR) is 75.9 cm³/mol. The molecule has 1 aromatic carbocycles. The van der Waals surface area contributed by atoms with Gasteiger partial charge in [0.05, 0.1) is 6.10 Å². The zero-order valence-electron chi connectivity index (χ0n) is 11.0. The summed E-state index contributed by atoms with van der Waals surface area (Å²) in [5.41, 5.74) is 2.47. The Balaban J connectivity index is 1.93. The molecule has 0 bridgehead atoms. The number of nitrogens with one attached hydrogen (secondary N) is 1. The first-order valence-electron chi connectivity index (χ1n) is 6.83. The Morgan fingerprint density at radius 3 is 2.83 bits per heavy atom. The zero-order chi connectivity index (χ0) is 13.0. The van der Waals surface area contributed by atoms with E-state index in [1.54, 1.807) is 0 Å². The van der Waals surface area contributed by atoms with Crippen LogP contribution in [0.4, 0.5) is 0 Å². The first-order chi connectivity index (χ1) is 8.66. The minimum atomic E-state index is -0.194. The lowest BCUT2D eigenvalue weighted by atomic mass is 10.0. The molecule has 0 saturated heterocycles. The molecule has 0 amide bonds. The quantitative estimate of drug-likeness (QED) is 0.823. The summed E-state index contributed by atoms with van der Waals surface area (Å²) in [6.07, 6.45) is 5.42. The lowest BCUT2D eigenvalue weighted by Crippen LogP contribution is -2.38. The molecule has 1 fully saturated rings. The second-order valence-corrected chi connectivity index (χ2v) is 5.70. The molecule has 2 rings (SSSR count). The van der Waals surface area contributed by atoms with Gasteiger partial charge >= 0.3 is 0 Å². The van der Waals surface area contributed by atoms with Crippen LogP contribution in [-0.4, -0.2) is 17.3 Å². The smallest absolute Gasteiger partial charge is 0.0693 e. The van der Waals surface area contributed by atoms with Crippen LogP contribution < -0.4 is 5.32 Å². The lowest BCUT2D eigenvalue weighted by molar-refractivity contribution is 0.119. The van der Waals surface area contributed by atoms with E-state index in [1.807, 2.05) is 12.1 Å². The van der Waals surface area contributed by atoms with Crippen LogP contribution in [-0.2, 0) is 6.54 Å². The molecule has 0 radical (unpaired) electrons. The van der Waals surface area contributed by atoms with Crippen molar-refractivity contribution in [1.29, 1.82) is 0 Å². The Labute approximate surface area is 114 Å². The summed E-state index contributed by atoms with van der Waals surface area (Å²) in [4.78, 5) is 0. The Hall–Kier alpha value is -0.570. The Kier molecular flexibility index (Phi) is 5.04. The van der Waals surface area contributed by atoms with Gasteiger partial charge < -0.3 is 10.4 Å². The first kappa shape index (κ1) is 13.9. The third-order valence-electron chi connectivity index (χ3n) is 3.84. The van der Waals surface area contributed by atoms with Crippen LogP contribution in [0.1, 0.15) is 43.2 Å². The van der Waals surface area contributed by atoms with E-state index in [0.717, 1.165) is 30.8 Å². The summed E-state index contributed by atoms with van der Waals surface area (Å²) in [6, 6.07) is 6.22. The molecule has 0 aliphatic heterocycles. The van der Waals surface area contributed by atoms with E-state index in [0.29, 0.717) is 0 Å². The van der Waals surface area contributed by atoms with Crippen molar-refractivity contribution in [3.63, 3.8) is 0 Å². The number of rotatable bonds is 3. The van der Waals surface area contributed by atoms with Crippen molar-refractivity contribution in [1.82, 2.24) is 5.32 Å². The van der Waals surface area contributed by atoms with Crippen LogP contribution >= 0.6 is 11.6 Å². The first-order valence-corrected chi connectivity index (χ1v) is 7.21. The molecule has 2 nitrogen and oxygen atoms in total. The second-order valence-electron chi connectivity index (χ2n) is 5.26. The highest BCUT2D eigenvalue weighted by Crippen LogP contribution is 2.19. The maximum atomic E-state index is 10.1. The van der Waals surface area contributed by atoms with E-state index in [2.05, 4.69) is 18.3 Å². The lowest BCUT2D eigenvalue weighted by Gasteiger charge is -2.22. The van der Waals surface area contributed by atoms with Gasteiger partial charge in [-0.25, -0.2) is 0 Å². The Morgan fingerprint density at radius 1 is 1.28 bits per heavy atom. The number of hydrogen-bond acceptors (Lipinski definition) is 2. The molecule has 2 atom stereocenters. The molecular weight excluding hydrogens is 246 g/mol. The van der Waals surface area contributed by atoms with Gasteiger partial charge in [0.2, 0.25) is 0 Å². The van der Waals surface area contributed by atoms with E-state index in [9.17, 15) is 5.11 Å². The largest absolute Gasteiger partial charge is 0.392 e. The third-order valence-corrected chi connectivity index (χ3v) is 4.07. The van der Waals surface area contributed by atoms with Gasteiger partial charge in [-0.15, -0.1) is 0 Å². The van der Waals surface area contributed by atoms with Crippen molar-refractivity contribution in [3.8, 4) is 0 Å². The second kappa shape index (κ2) is 6.55. The highest BCUT2D eigenvalue weighted by molar-refractivity contribution is 6.30. The van der Waals surface area contributed by atoms with Crippen molar-refractivity contribution in [3.05, 3.63) is 34.3 Å². The molecule has 1 aliphatic rings. The van der Waals surface area contributed by atoms with Crippen molar-refractivity contribution in [2.24, 2.45) is 0 Å². The van der Waals surface area contributed by atoms with Crippen molar-refractivity contribution in [2.45, 2.75) is 57.7 Å². The van der Waals surface area contributed by atoms with Crippen LogP contribution in [0, 0.1) is 6.92 Å². The number of halogens is 1. The number of hydrogen-bond donors (Lipinski definition) is 2. The van der Waals surface area contributed by atoms with E-state index in [4.69, 9.17) is 11.6 Å². The minimum Gasteiger partial charge on any atom is -0.392 e. The van der Waals surface area contributed by atoms with Crippen LogP contribution in [0.2, 0.25) is 5.02 Å². The summed E-state index contributed by atoms with van der Waals surface area (Å²) in [7, 11) is 0. The van der Waals surface area contributed by atoms with E-state index in [1.165, 1.54) is 24.0 Å². The molecule has 100 valence electrons. The molecule has 3 heteroatoms. The maximum absolute atomic E-state index is 10.1.